The zero-order valence-corrected chi connectivity index (χ0v) is 13.5. The molecular formula is C16H18ClN3O2. The van der Waals surface area contributed by atoms with E-state index in [0.717, 1.165) is 0 Å². The van der Waals surface area contributed by atoms with Gasteiger partial charge in [-0.3, -0.25) is 4.90 Å². The van der Waals surface area contributed by atoms with E-state index in [9.17, 15) is 4.79 Å². The molecule has 116 valence electrons. The van der Waals surface area contributed by atoms with Crippen LogP contribution in [0, 0.1) is 6.92 Å². The van der Waals surface area contributed by atoms with Gasteiger partial charge in [0.25, 0.3) is 0 Å². The Hall–Kier alpha value is -2.14. The number of amides is 1. The Morgan fingerprint density at radius 1 is 1.23 bits per heavy atom. The first-order valence-corrected chi connectivity index (χ1v) is 7.26. The van der Waals surface area contributed by atoms with E-state index in [0.29, 0.717) is 12.4 Å². The Labute approximate surface area is 134 Å². The van der Waals surface area contributed by atoms with Crippen LogP contribution < -0.4 is 4.90 Å². The Morgan fingerprint density at radius 2 is 1.91 bits per heavy atom. The number of cyclic esters (lactones) is 1. The van der Waals surface area contributed by atoms with Gasteiger partial charge in [0.1, 0.15) is 11.4 Å². The minimum atomic E-state index is -0.492. The van der Waals surface area contributed by atoms with Crippen molar-refractivity contribution in [2.75, 3.05) is 11.4 Å². The minimum Gasteiger partial charge on any atom is -0.441 e. The fourth-order valence-corrected chi connectivity index (χ4v) is 2.10. The smallest absolute Gasteiger partial charge is 0.416 e. The van der Waals surface area contributed by atoms with Crippen molar-refractivity contribution in [2.45, 2.75) is 26.4 Å². The normalized spacial score (nSPS) is 15.8. The molecule has 1 fully saturated rings. The Kier molecular flexibility index (Phi) is 4.98. The van der Waals surface area contributed by atoms with E-state index in [2.05, 4.69) is 29.0 Å². The third-order valence-corrected chi connectivity index (χ3v) is 3.13. The quantitative estimate of drug-likeness (QED) is 0.749. The van der Waals surface area contributed by atoms with E-state index in [1.54, 1.807) is 6.07 Å². The second kappa shape index (κ2) is 6.75. The van der Waals surface area contributed by atoms with Gasteiger partial charge in [-0.15, -0.1) is 0 Å². The van der Waals surface area contributed by atoms with Gasteiger partial charge in [0, 0.05) is 6.20 Å². The van der Waals surface area contributed by atoms with Gasteiger partial charge in [-0.05, 0) is 38.4 Å². The second-order valence-electron chi connectivity index (χ2n) is 5.55. The zero-order valence-electron chi connectivity index (χ0n) is 12.8. The molecule has 6 heteroatoms. The SMILES string of the molecule is CC1(C)CN(c2ccnc(Cl)n2)C(=O)O1.Cc1ccccc1. The summed E-state index contributed by atoms with van der Waals surface area (Å²) < 4.78 is 5.14. The van der Waals surface area contributed by atoms with Gasteiger partial charge >= 0.3 is 6.09 Å². The van der Waals surface area contributed by atoms with Crippen LogP contribution in [0.15, 0.2) is 42.6 Å². The molecule has 0 unspecified atom stereocenters. The van der Waals surface area contributed by atoms with Crippen molar-refractivity contribution in [3.63, 3.8) is 0 Å². The monoisotopic (exact) mass is 319 g/mol. The average molecular weight is 320 g/mol. The minimum absolute atomic E-state index is 0.116. The molecule has 3 rings (SSSR count). The number of aryl methyl sites for hydroxylation is 1. The maximum absolute atomic E-state index is 11.5. The number of carbonyl (C=O) groups excluding carboxylic acids is 1. The summed E-state index contributed by atoms with van der Waals surface area (Å²) in [5, 5.41) is 0.116. The molecule has 0 radical (unpaired) electrons. The lowest BCUT2D eigenvalue weighted by molar-refractivity contribution is 0.0871. The van der Waals surface area contributed by atoms with Crippen LogP contribution in [0.25, 0.3) is 0 Å². The van der Waals surface area contributed by atoms with E-state index in [4.69, 9.17) is 16.3 Å². The van der Waals surface area contributed by atoms with Gasteiger partial charge in [0.15, 0.2) is 0 Å². The molecular weight excluding hydrogens is 302 g/mol. The van der Waals surface area contributed by atoms with Gasteiger partial charge in [0.2, 0.25) is 5.28 Å². The fourth-order valence-electron chi connectivity index (χ4n) is 1.95. The summed E-state index contributed by atoms with van der Waals surface area (Å²) in [5.74, 6) is 0.463. The molecule has 1 aliphatic heterocycles. The highest BCUT2D eigenvalue weighted by Gasteiger charge is 2.38. The van der Waals surface area contributed by atoms with Crippen LogP contribution in [0.5, 0.6) is 0 Å². The summed E-state index contributed by atoms with van der Waals surface area (Å²) in [6.45, 7) is 6.22. The molecule has 0 aliphatic carbocycles. The van der Waals surface area contributed by atoms with E-state index in [1.165, 1.54) is 16.7 Å². The molecule has 1 aliphatic rings. The number of ether oxygens (including phenoxy) is 1. The number of anilines is 1. The topological polar surface area (TPSA) is 55.3 Å². The number of halogens is 1. The van der Waals surface area contributed by atoms with Gasteiger partial charge in [-0.1, -0.05) is 35.9 Å². The predicted molar refractivity (Wildman–Crippen MR) is 86.1 cm³/mol. The lowest BCUT2D eigenvalue weighted by Crippen LogP contribution is -2.28. The maximum atomic E-state index is 11.5. The van der Waals surface area contributed by atoms with Crippen molar-refractivity contribution >= 4 is 23.5 Å². The predicted octanol–water partition coefficient (Wildman–Crippen LogP) is 3.86. The van der Waals surface area contributed by atoms with Crippen molar-refractivity contribution in [2.24, 2.45) is 0 Å². The Morgan fingerprint density at radius 3 is 2.36 bits per heavy atom. The number of hydrogen-bond donors (Lipinski definition) is 0. The number of benzene rings is 1. The van der Waals surface area contributed by atoms with Crippen molar-refractivity contribution in [3.05, 3.63) is 53.4 Å². The van der Waals surface area contributed by atoms with E-state index < -0.39 is 11.7 Å². The lowest BCUT2D eigenvalue weighted by Gasteiger charge is -2.14. The second-order valence-corrected chi connectivity index (χ2v) is 5.89. The van der Waals surface area contributed by atoms with Crippen molar-refractivity contribution in [1.29, 1.82) is 0 Å². The summed E-state index contributed by atoms with van der Waals surface area (Å²) in [6.07, 6.45) is 1.10. The average Bonchev–Trinajstić information content (AvgIpc) is 2.74. The zero-order chi connectivity index (χ0) is 16.2. The standard InChI is InChI=1S/C9H10ClN3O2.C7H8/c1-9(2)5-13(8(14)15-9)6-3-4-11-7(10)12-6;1-7-5-3-2-4-6-7/h3-4H,5H2,1-2H3;2-6H,1H3. The van der Waals surface area contributed by atoms with Crippen LogP contribution in [0.4, 0.5) is 10.6 Å². The summed E-state index contributed by atoms with van der Waals surface area (Å²) in [4.78, 5) is 20.6. The van der Waals surface area contributed by atoms with Crippen molar-refractivity contribution in [1.82, 2.24) is 9.97 Å². The van der Waals surface area contributed by atoms with Crippen LogP contribution in [0.1, 0.15) is 19.4 Å². The molecule has 0 bridgehead atoms. The fraction of sp³-hybridized carbons (Fsp3) is 0.312. The first kappa shape index (κ1) is 16.2. The summed E-state index contributed by atoms with van der Waals surface area (Å²) >= 11 is 5.64. The largest absolute Gasteiger partial charge is 0.441 e. The molecule has 1 saturated heterocycles. The van der Waals surface area contributed by atoms with Crippen LogP contribution in [0.2, 0.25) is 5.28 Å². The molecule has 2 heterocycles. The van der Waals surface area contributed by atoms with Crippen LogP contribution in [-0.2, 0) is 4.74 Å². The molecule has 1 aromatic heterocycles. The Balaban J connectivity index is 0.000000211. The highest BCUT2D eigenvalue weighted by atomic mass is 35.5. The van der Waals surface area contributed by atoms with Gasteiger partial charge in [0.05, 0.1) is 6.54 Å². The van der Waals surface area contributed by atoms with Crippen molar-refractivity contribution < 1.29 is 9.53 Å². The number of aromatic nitrogens is 2. The van der Waals surface area contributed by atoms with Crippen LogP contribution in [0.3, 0.4) is 0 Å². The molecule has 22 heavy (non-hydrogen) atoms. The molecule has 1 aromatic carbocycles. The van der Waals surface area contributed by atoms with Gasteiger partial charge in [-0.2, -0.15) is 0 Å². The number of rotatable bonds is 1. The maximum Gasteiger partial charge on any atom is 0.416 e. The molecule has 2 aromatic rings. The van der Waals surface area contributed by atoms with E-state index >= 15 is 0 Å². The first-order valence-electron chi connectivity index (χ1n) is 6.88. The number of nitrogens with zero attached hydrogens (tertiary/aromatic N) is 3. The van der Waals surface area contributed by atoms with Crippen LogP contribution >= 0.6 is 11.6 Å². The van der Waals surface area contributed by atoms with Gasteiger partial charge < -0.3 is 4.74 Å². The highest BCUT2D eigenvalue weighted by molar-refractivity contribution is 6.28. The third kappa shape index (κ3) is 4.43. The van der Waals surface area contributed by atoms with Gasteiger partial charge in [-0.25, -0.2) is 14.8 Å². The Bertz CT molecular complexity index is 647. The number of carbonyl (C=O) groups is 1. The first-order chi connectivity index (χ1) is 10.4. The molecule has 0 atom stereocenters. The molecule has 1 amide bonds. The number of hydrogen-bond acceptors (Lipinski definition) is 4. The molecule has 0 spiro atoms. The third-order valence-electron chi connectivity index (χ3n) is 2.95. The van der Waals surface area contributed by atoms with E-state index in [-0.39, 0.29) is 5.28 Å². The summed E-state index contributed by atoms with van der Waals surface area (Å²) in [6, 6.07) is 11.9. The van der Waals surface area contributed by atoms with Crippen molar-refractivity contribution in [3.8, 4) is 0 Å². The van der Waals surface area contributed by atoms with Crippen LogP contribution in [-0.4, -0.2) is 28.2 Å². The van der Waals surface area contributed by atoms with E-state index in [1.807, 2.05) is 32.0 Å². The summed E-state index contributed by atoms with van der Waals surface area (Å²) in [5.41, 5.74) is 0.830. The molecule has 5 nitrogen and oxygen atoms in total. The highest BCUT2D eigenvalue weighted by Crippen LogP contribution is 2.26. The molecule has 0 N–H and O–H groups in total. The lowest BCUT2D eigenvalue weighted by atomic mass is 10.1. The summed E-state index contributed by atoms with van der Waals surface area (Å²) in [7, 11) is 0. The molecule has 0 saturated carbocycles.